The molecule has 1 aliphatic carbocycles. The molecule has 0 aliphatic heterocycles. The molecular formula is C17H29N3O4S2. The number of nitrogens with one attached hydrogen (secondary N) is 1. The molecule has 0 unspecified atom stereocenters. The smallest absolute Gasteiger partial charge is 0.240 e. The van der Waals surface area contributed by atoms with Crippen LogP contribution in [0.4, 0.5) is 5.69 Å². The zero-order valence-corrected chi connectivity index (χ0v) is 17.3. The second-order valence-electron chi connectivity index (χ2n) is 7.36. The number of primary sulfonamides is 1. The molecule has 0 saturated heterocycles. The Morgan fingerprint density at radius 2 is 1.65 bits per heavy atom. The summed E-state index contributed by atoms with van der Waals surface area (Å²) in [6, 6.07) is 4.01. The average molecular weight is 404 g/mol. The number of nitrogens with two attached hydrogens (primary N) is 1. The molecule has 0 spiro atoms. The first-order valence-electron chi connectivity index (χ1n) is 8.74. The van der Waals surface area contributed by atoms with E-state index in [1.807, 2.05) is 14.1 Å². The lowest BCUT2D eigenvalue weighted by Crippen LogP contribution is -2.49. The Bertz CT molecular complexity index is 841. The van der Waals surface area contributed by atoms with Crippen LogP contribution in [0.25, 0.3) is 0 Å². The molecule has 0 atom stereocenters. The highest BCUT2D eigenvalue weighted by Crippen LogP contribution is 2.32. The first-order valence-corrected chi connectivity index (χ1v) is 12.2. The molecule has 148 valence electrons. The van der Waals surface area contributed by atoms with Crippen molar-refractivity contribution in [2.24, 2.45) is 5.14 Å². The van der Waals surface area contributed by atoms with Crippen molar-refractivity contribution in [1.82, 2.24) is 4.90 Å². The Kier molecular flexibility index (Phi) is 6.37. The van der Waals surface area contributed by atoms with Gasteiger partial charge in [0.2, 0.25) is 10.0 Å². The molecule has 1 fully saturated rings. The molecule has 0 aromatic heterocycles. The van der Waals surface area contributed by atoms with Crippen LogP contribution in [0.15, 0.2) is 28.0 Å². The summed E-state index contributed by atoms with van der Waals surface area (Å²) >= 11 is 0. The van der Waals surface area contributed by atoms with Crippen LogP contribution < -0.4 is 10.5 Å². The SMILES string of the molecule is CN(C)C1(CNc2ccc(S(C)(=O)=O)cc2S(N)(=O)=O)CCCCCC1. The van der Waals surface area contributed by atoms with Gasteiger partial charge in [0.05, 0.1) is 10.6 Å². The highest BCUT2D eigenvalue weighted by atomic mass is 32.2. The topological polar surface area (TPSA) is 110 Å². The van der Waals surface area contributed by atoms with Gasteiger partial charge in [-0.1, -0.05) is 25.7 Å². The highest BCUT2D eigenvalue weighted by Gasteiger charge is 2.33. The van der Waals surface area contributed by atoms with Crippen LogP contribution in [-0.2, 0) is 19.9 Å². The van der Waals surface area contributed by atoms with Gasteiger partial charge in [-0.2, -0.15) is 0 Å². The summed E-state index contributed by atoms with van der Waals surface area (Å²) in [7, 11) is -3.50. The second-order valence-corrected chi connectivity index (χ2v) is 10.9. The average Bonchev–Trinajstić information content (AvgIpc) is 2.77. The third-order valence-corrected chi connectivity index (χ3v) is 7.34. The second kappa shape index (κ2) is 7.84. The molecule has 2 rings (SSSR count). The summed E-state index contributed by atoms with van der Waals surface area (Å²) < 4.78 is 47.5. The lowest BCUT2D eigenvalue weighted by Gasteiger charge is -2.40. The first kappa shape index (κ1) is 21.1. The Labute approximate surface area is 156 Å². The van der Waals surface area contributed by atoms with Gasteiger partial charge in [0.15, 0.2) is 9.84 Å². The van der Waals surface area contributed by atoms with Gasteiger partial charge in [0.1, 0.15) is 4.90 Å². The van der Waals surface area contributed by atoms with E-state index in [1.54, 1.807) is 0 Å². The molecule has 1 saturated carbocycles. The standard InChI is InChI=1S/C17H29N3O4S2/c1-20(2)17(10-6-4-5-7-11-17)13-19-15-9-8-14(25(3,21)22)12-16(15)26(18,23)24/h8-9,12,19H,4-7,10-11,13H2,1-3H3,(H2,18,23,24). The molecule has 0 amide bonds. The number of anilines is 1. The van der Waals surface area contributed by atoms with E-state index in [2.05, 4.69) is 10.2 Å². The van der Waals surface area contributed by atoms with Gasteiger partial charge in [0, 0.05) is 18.3 Å². The minimum absolute atomic E-state index is 0.0659. The van der Waals surface area contributed by atoms with Crippen LogP contribution in [0.3, 0.4) is 0 Å². The highest BCUT2D eigenvalue weighted by molar-refractivity contribution is 7.91. The number of sulfone groups is 1. The molecular weight excluding hydrogens is 374 g/mol. The van der Waals surface area contributed by atoms with Crippen molar-refractivity contribution >= 4 is 25.5 Å². The molecule has 0 radical (unpaired) electrons. The summed E-state index contributed by atoms with van der Waals surface area (Å²) in [6.45, 7) is 0.570. The molecule has 9 heteroatoms. The molecule has 1 aliphatic rings. The van der Waals surface area contributed by atoms with Crippen LogP contribution in [-0.4, -0.2) is 54.2 Å². The van der Waals surface area contributed by atoms with E-state index in [9.17, 15) is 16.8 Å². The minimum atomic E-state index is -4.06. The van der Waals surface area contributed by atoms with Gasteiger partial charge in [-0.15, -0.1) is 0 Å². The molecule has 0 bridgehead atoms. The van der Waals surface area contributed by atoms with Crippen molar-refractivity contribution in [3.05, 3.63) is 18.2 Å². The number of likely N-dealkylation sites (N-methyl/N-ethyl adjacent to an activating group) is 1. The van der Waals surface area contributed by atoms with E-state index in [4.69, 9.17) is 5.14 Å². The van der Waals surface area contributed by atoms with E-state index >= 15 is 0 Å². The summed E-state index contributed by atoms with van der Waals surface area (Å²) in [5.41, 5.74) is 0.270. The van der Waals surface area contributed by atoms with Crippen LogP contribution >= 0.6 is 0 Å². The predicted molar refractivity (Wildman–Crippen MR) is 104 cm³/mol. The number of hydrogen-bond acceptors (Lipinski definition) is 6. The summed E-state index contributed by atoms with van der Waals surface area (Å²) in [5, 5.41) is 8.55. The van der Waals surface area contributed by atoms with E-state index in [1.165, 1.54) is 25.0 Å². The fourth-order valence-corrected chi connectivity index (χ4v) is 5.00. The van der Waals surface area contributed by atoms with Crippen molar-refractivity contribution in [2.75, 3.05) is 32.2 Å². The lowest BCUT2D eigenvalue weighted by atomic mass is 9.88. The maximum absolute atomic E-state index is 12.0. The van der Waals surface area contributed by atoms with Crippen molar-refractivity contribution in [1.29, 1.82) is 0 Å². The normalized spacial score (nSPS) is 18.5. The summed E-state index contributed by atoms with van der Waals surface area (Å²) in [4.78, 5) is 1.94. The molecule has 0 heterocycles. The Hall–Kier alpha value is -1.16. The van der Waals surface area contributed by atoms with Crippen LogP contribution in [0.1, 0.15) is 38.5 Å². The zero-order valence-electron chi connectivity index (χ0n) is 15.7. The first-order chi connectivity index (χ1) is 12.0. The van der Waals surface area contributed by atoms with Crippen molar-refractivity contribution < 1.29 is 16.8 Å². The summed E-state index contributed by atoms with van der Waals surface area (Å²) in [6.07, 6.45) is 7.78. The van der Waals surface area contributed by atoms with E-state index < -0.39 is 19.9 Å². The lowest BCUT2D eigenvalue weighted by molar-refractivity contribution is 0.143. The summed E-state index contributed by atoms with van der Waals surface area (Å²) in [5.74, 6) is 0. The maximum atomic E-state index is 12.0. The van der Waals surface area contributed by atoms with Gasteiger partial charge in [-0.3, -0.25) is 0 Å². The largest absolute Gasteiger partial charge is 0.382 e. The Morgan fingerprint density at radius 3 is 2.12 bits per heavy atom. The quantitative estimate of drug-likeness (QED) is 0.701. The fourth-order valence-electron chi connectivity index (χ4n) is 3.54. The van der Waals surface area contributed by atoms with Crippen molar-refractivity contribution in [3.8, 4) is 0 Å². The number of benzene rings is 1. The van der Waals surface area contributed by atoms with Crippen LogP contribution in [0.2, 0.25) is 0 Å². The van der Waals surface area contributed by atoms with Gasteiger partial charge < -0.3 is 10.2 Å². The molecule has 1 aromatic rings. The van der Waals surface area contributed by atoms with E-state index in [0.717, 1.165) is 38.0 Å². The van der Waals surface area contributed by atoms with Gasteiger partial charge in [-0.25, -0.2) is 22.0 Å². The van der Waals surface area contributed by atoms with Gasteiger partial charge in [0.25, 0.3) is 0 Å². The number of nitrogens with zero attached hydrogens (tertiary/aromatic N) is 1. The van der Waals surface area contributed by atoms with E-state index in [-0.39, 0.29) is 15.3 Å². The third-order valence-electron chi connectivity index (χ3n) is 5.28. The van der Waals surface area contributed by atoms with Crippen LogP contribution in [0, 0.1) is 0 Å². The monoisotopic (exact) mass is 403 g/mol. The number of sulfonamides is 1. The van der Waals surface area contributed by atoms with Gasteiger partial charge >= 0.3 is 0 Å². The molecule has 7 nitrogen and oxygen atoms in total. The molecule has 26 heavy (non-hydrogen) atoms. The van der Waals surface area contributed by atoms with Gasteiger partial charge in [-0.05, 0) is 45.1 Å². The number of hydrogen-bond donors (Lipinski definition) is 2. The number of rotatable bonds is 6. The van der Waals surface area contributed by atoms with E-state index in [0.29, 0.717) is 12.2 Å². The Morgan fingerprint density at radius 1 is 1.08 bits per heavy atom. The van der Waals surface area contributed by atoms with Crippen molar-refractivity contribution in [3.63, 3.8) is 0 Å². The maximum Gasteiger partial charge on any atom is 0.240 e. The molecule has 3 N–H and O–H groups in total. The molecule has 1 aromatic carbocycles. The van der Waals surface area contributed by atoms with Crippen LogP contribution in [0.5, 0.6) is 0 Å². The third kappa shape index (κ3) is 4.97. The minimum Gasteiger partial charge on any atom is -0.382 e. The zero-order chi connectivity index (χ0) is 19.6. The predicted octanol–water partition coefficient (Wildman–Crippen LogP) is 1.80. The Balaban J connectivity index is 2.36. The fraction of sp³-hybridized carbons (Fsp3) is 0.647. The van der Waals surface area contributed by atoms with Crippen molar-refractivity contribution in [2.45, 2.75) is 53.9 Å².